The summed E-state index contributed by atoms with van der Waals surface area (Å²) >= 11 is 0. The van der Waals surface area contributed by atoms with Crippen molar-refractivity contribution in [1.82, 2.24) is 0 Å². The molecule has 196 valence electrons. The van der Waals surface area contributed by atoms with Crippen LogP contribution in [0.1, 0.15) is 68.9 Å². The molecule has 4 unspecified atom stereocenters. The summed E-state index contributed by atoms with van der Waals surface area (Å²) < 4.78 is 0. The van der Waals surface area contributed by atoms with Crippen LogP contribution in [0, 0.1) is 40.4 Å². The average Bonchev–Trinajstić information content (AvgIpc) is 3.21. The van der Waals surface area contributed by atoms with Crippen molar-refractivity contribution in [3.8, 4) is 17.2 Å². The summed E-state index contributed by atoms with van der Waals surface area (Å²) in [7, 11) is 0. The Balaban J connectivity index is 1.40. The second-order valence-electron chi connectivity index (χ2n) is 12.3. The fourth-order valence-electron chi connectivity index (χ4n) is 8.87. The molecule has 0 aliphatic heterocycles. The van der Waals surface area contributed by atoms with E-state index in [1.807, 2.05) is 36.4 Å². The van der Waals surface area contributed by atoms with Gasteiger partial charge in [0.05, 0.1) is 23.8 Å². The van der Waals surface area contributed by atoms with Crippen LogP contribution in [0.4, 0.5) is 0 Å². The lowest BCUT2D eigenvalue weighted by Crippen LogP contribution is -2.54. The summed E-state index contributed by atoms with van der Waals surface area (Å²) in [4.78, 5) is 12.3. The van der Waals surface area contributed by atoms with Crippen molar-refractivity contribution < 1.29 is 15.0 Å². The maximum atomic E-state index is 12.3. The number of carbonyl (C=O) groups is 1. The zero-order valence-corrected chi connectivity index (χ0v) is 22.1. The standard InChI is InChI=1S/C34H37NO3/c1-33-20-30(25-9-7-24(8-10-25)23-5-3-22(21-35)4-6-23)32-28-14-12-27(37)19-26(28)11-13-29(32)31(33)15-17-34(33,38)16-2-18-36/h2-10,16,19,28-32,36,38H,11-15,17-18,20H2,1H3/b16-2-/t28?,29?,30-,31?,32?,33+,34+/m1/s1. The number of aliphatic hydroxyl groups excluding tert-OH is 1. The van der Waals surface area contributed by atoms with Crippen LogP contribution < -0.4 is 0 Å². The molecule has 6 rings (SSSR count). The third-order valence-corrected chi connectivity index (χ3v) is 10.7. The van der Waals surface area contributed by atoms with Gasteiger partial charge in [-0.25, -0.2) is 0 Å². The highest BCUT2D eigenvalue weighted by atomic mass is 16.3. The van der Waals surface area contributed by atoms with Crippen molar-refractivity contribution in [3.05, 3.63) is 83.5 Å². The van der Waals surface area contributed by atoms with Gasteiger partial charge in [0.1, 0.15) is 0 Å². The van der Waals surface area contributed by atoms with E-state index in [0.717, 1.165) is 49.7 Å². The summed E-state index contributed by atoms with van der Waals surface area (Å²) in [6.07, 6.45) is 11.9. The topological polar surface area (TPSA) is 81.3 Å². The van der Waals surface area contributed by atoms with Gasteiger partial charge in [-0.05, 0) is 103 Å². The van der Waals surface area contributed by atoms with E-state index in [0.29, 0.717) is 41.6 Å². The van der Waals surface area contributed by atoms with Gasteiger partial charge in [-0.15, -0.1) is 0 Å². The summed E-state index contributed by atoms with van der Waals surface area (Å²) in [5.74, 6) is 2.46. The van der Waals surface area contributed by atoms with Crippen LogP contribution in [-0.2, 0) is 4.79 Å². The first kappa shape index (κ1) is 25.3. The Morgan fingerprint density at radius 3 is 2.39 bits per heavy atom. The molecule has 4 aliphatic rings. The maximum Gasteiger partial charge on any atom is 0.155 e. The van der Waals surface area contributed by atoms with E-state index < -0.39 is 5.60 Å². The first-order chi connectivity index (χ1) is 18.4. The molecule has 0 bridgehead atoms. The van der Waals surface area contributed by atoms with Crippen molar-refractivity contribution in [3.63, 3.8) is 0 Å². The molecule has 3 saturated carbocycles. The molecular weight excluding hydrogens is 470 g/mol. The van der Waals surface area contributed by atoms with Gasteiger partial charge in [0.25, 0.3) is 0 Å². The number of carbonyl (C=O) groups excluding carboxylic acids is 1. The van der Waals surface area contributed by atoms with Gasteiger partial charge in [0.2, 0.25) is 0 Å². The molecule has 3 fully saturated rings. The quantitative estimate of drug-likeness (QED) is 0.473. The van der Waals surface area contributed by atoms with Gasteiger partial charge in [0, 0.05) is 11.8 Å². The monoisotopic (exact) mass is 507 g/mol. The minimum Gasteiger partial charge on any atom is -0.392 e. The highest BCUT2D eigenvalue weighted by Gasteiger charge is 2.63. The van der Waals surface area contributed by atoms with Crippen LogP contribution in [0.3, 0.4) is 0 Å². The van der Waals surface area contributed by atoms with Crippen LogP contribution in [-0.4, -0.2) is 28.2 Å². The predicted octanol–water partition coefficient (Wildman–Crippen LogP) is 6.34. The Kier molecular flexibility index (Phi) is 6.41. The SMILES string of the molecule is C[C@]12C[C@H](c3ccc(-c4ccc(C#N)cc4)cc3)C3C4CCC(=O)C=C4CCC3C1CC[C@@]2(O)/C=C\CO. The van der Waals surface area contributed by atoms with Crippen LogP contribution in [0.15, 0.2) is 72.3 Å². The zero-order chi connectivity index (χ0) is 26.5. The Labute approximate surface area is 225 Å². The summed E-state index contributed by atoms with van der Waals surface area (Å²) in [6.45, 7) is 2.23. The molecule has 0 radical (unpaired) electrons. The fraction of sp³-hybridized carbons (Fsp3) is 0.471. The average molecular weight is 508 g/mol. The molecule has 0 saturated heterocycles. The highest BCUT2D eigenvalue weighted by molar-refractivity contribution is 5.91. The Bertz CT molecular complexity index is 1320. The van der Waals surface area contributed by atoms with E-state index in [1.165, 1.54) is 11.1 Å². The molecule has 0 amide bonds. The molecule has 2 aromatic carbocycles. The molecule has 7 atom stereocenters. The number of hydrogen-bond acceptors (Lipinski definition) is 4. The van der Waals surface area contributed by atoms with E-state index in [9.17, 15) is 15.0 Å². The van der Waals surface area contributed by atoms with Crippen molar-refractivity contribution >= 4 is 5.78 Å². The minimum absolute atomic E-state index is 0.0559. The number of allylic oxidation sites excluding steroid dienone is 1. The van der Waals surface area contributed by atoms with Crippen molar-refractivity contribution in [2.24, 2.45) is 29.1 Å². The third-order valence-electron chi connectivity index (χ3n) is 10.7. The van der Waals surface area contributed by atoms with Gasteiger partial charge in [-0.3, -0.25) is 4.79 Å². The van der Waals surface area contributed by atoms with Crippen LogP contribution in [0.25, 0.3) is 11.1 Å². The number of benzene rings is 2. The molecule has 2 N–H and O–H groups in total. The van der Waals surface area contributed by atoms with E-state index in [-0.39, 0.29) is 17.8 Å². The van der Waals surface area contributed by atoms with Gasteiger partial charge in [-0.2, -0.15) is 5.26 Å². The largest absolute Gasteiger partial charge is 0.392 e. The highest BCUT2D eigenvalue weighted by Crippen LogP contribution is 2.68. The third kappa shape index (κ3) is 3.99. The zero-order valence-electron chi connectivity index (χ0n) is 22.1. The molecule has 0 aromatic heterocycles. The molecule has 38 heavy (non-hydrogen) atoms. The second kappa shape index (κ2) is 9.63. The minimum atomic E-state index is -0.912. The van der Waals surface area contributed by atoms with Gasteiger partial charge < -0.3 is 10.2 Å². The van der Waals surface area contributed by atoms with Gasteiger partial charge >= 0.3 is 0 Å². The summed E-state index contributed by atoms with van der Waals surface area (Å²) in [5.41, 5.74) is 4.39. The Morgan fingerprint density at radius 2 is 1.71 bits per heavy atom. The molecule has 0 heterocycles. The molecule has 4 nitrogen and oxygen atoms in total. The number of nitrogens with zero attached hydrogens (tertiary/aromatic N) is 1. The number of nitriles is 1. The number of ketones is 1. The van der Waals surface area contributed by atoms with Crippen LogP contribution >= 0.6 is 0 Å². The number of aliphatic hydroxyl groups is 2. The lowest BCUT2D eigenvalue weighted by molar-refractivity contribution is -0.117. The maximum absolute atomic E-state index is 12.3. The normalized spacial score (nSPS) is 36.2. The van der Waals surface area contributed by atoms with Crippen LogP contribution in [0.5, 0.6) is 0 Å². The summed E-state index contributed by atoms with van der Waals surface area (Å²) in [6, 6.07) is 18.8. The number of fused-ring (bicyclic) bond motifs is 5. The lowest BCUT2D eigenvalue weighted by Gasteiger charge is -2.58. The smallest absolute Gasteiger partial charge is 0.155 e. The number of hydrogen-bond donors (Lipinski definition) is 2. The van der Waals surface area contributed by atoms with Gasteiger partial charge in [0.15, 0.2) is 5.78 Å². The van der Waals surface area contributed by atoms with Gasteiger partial charge in [-0.1, -0.05) is 61.0 Å². The van der Waals surface area contributed by atoms with Crippen molar-refractivity contribution in [1.29, 1.82) is 5.26 Å². The fourth-order valence-corrected chi connectivity index (χ4v) is 8.87. The van der Waals surface area contributed by atoms with Crippen molar-refractivity contribution in [2.45, 2.75) is 63.4 Å². The Hall–Kier alpha value is -3.00. The summed E-state index contributed by atoms with van der Waals surface area (Å²) in [5, 5.41) is 30.6. The van der Waals surface area contributed by atoms with E-state index in [2.05, 4.69) is 37.3 Å². The van der Waals surface area contributed by atoms with E-state index in [4.69, 9.17) is 5.26 Å². The number of rotatable bonds is 4. The first-order valence-corrected chi connectivity index (χ1v) is 14.2. The molecule has 4 heteroatoms. The van der Waals surface area contributed by atoms with E-state index >= 15 is 0 Å². The van der Waals surface area contributed by atoms with Crippen molar-refractivity contribution in [2.75, 3.05) is 6.61 Å². The Morgan fingerprint density at radius 1 is 1.00 bits per heavy atom. The van der Waals surface area contributed by atoms with Crippen LogP contribution in [0.2, 0.25) is 0 Å². The predicted molar refractivity (Wildman–Crippen MR) is 148 cm³/mol. The molecule has 2 aromatic rings. The lowest BCUT2D eigenvalue weighted by atomic mass is 9.46. The molecular formula is C34H37NO3. The first-order valence-electron chi connectivity index (χ1n) is 14.2. The van der Waals surface area contributed by atoms with E-state index in [1.54, 1.807) is 6.08 Å². The second-order valence-corrected chi connectivity index (χ2v) is 12.3. The molecule has 4 aliphatic carbocycles. The molecule has 0 spiro atoms.